The summed E-state index contributed by atoms with van der Waals surface area (Å²) >= 11 is 0. The molecule has 1 unspecified atom stereocenters. The summed E-state index contributed by atoms with van der Waals surface area (Å²) in [5.41, 5.74) is 1.17. The van der Waals surface area contributed by atoms with Crippen LogP contribution >= 0.6 is 0 Å². The van der Waals surface area contributed by atoms with Crippen LogP contribution in [0.5, 0.6) is 0 Å². The Labute approximate surface area is 117 Å². The number of aryl methyl sites for hydroxylation is 1. The van der Waals surface area contributed by atoms with E-state index >= 15 is 0 Å². The third kappa shape index (κ3) is 3.74. The molecule has 1 aromatic carbocycles. The first-order valence-electron chi connectivity index (χ1n) is 6.82. The van der Waals surface area contributed by atoms with Gasteiger partial charge in [-0.2, -0.15) is 0 Å². The summed E-state index contributed by atoms with van der Waals surface area (Å²) in [4.78, 5) is 12.2. The predicted octanol–water partition coefficient (Wildman–Crippen LogP) is 2.85. The maximum Gasteiger partial charge on any atom is 0.131 e. The molecule has 0 N–H and O–H groups in total. The molecule has 3 nitrogen and oxygen atoms in total. The largest absolute Gasteiger partial charge is 0.300 e. The van der Waals surface area contributed by atoms with Crippen LogP contribution in [0.25, 0.3) is 0 Å². The topological polar surface area (TPSA) is 37.4 Å². The van der Waals surface area contributed by atoms with Crippen LogP contribution in [0.15, 0.2) is 29.2 Å². The van der Waals surface area contributed by atoms with Gasteiger partial charge in [0, 0.05) is 19.0 Å². The standard InChI is InChI=1S/C15H21NO2S/c1-12-6-8-15(9-7-12)19(18)16-10-4-3-5-14(16)11-13(2)17/h6-9,14H,3-5,10-11H2,1-2H3/t14-,19?/m0/s1. The van der Waals surface area contributed by atoms with Gasteiger partial charge in [-0.3, -0.25) is 4.79 Å². The molecule has 1 aliphatic rings. The molecular formula is C15H21NO2S. The molecular weight excluding hydrogens is 258 g/mol. The number of Topliss-reactive ketones (excluding diaryl/α,β-unsaturated/α-hetero) is 1. The Balaban J connectivity index is 2.15. The first-order valence-corrected chi connectivity index (χ1v) is 7.93. The van der Waals surface area contributed by atoms with Crippen molar-refractivity contribution in [2.75, 3.05) is 6.54 Å². The van der Waals surface area contributed by atoms with Crippen molar-refractivity contribution in [3.63, 3.8) is 0 Å². The Hall–Kier alpha value is -1.00. The van der Waals surface area contributed by atoms with E-state index in [1.807, 2.05) is 35.5 Å². The number of benzene rings is 1. The molecule has 0 radical (unpaired) electrons. The van der Waals surface area contributed by atoms with Gasteiger partial charge in [0.1, 0.15) is 16.8 Å². The van der Waals surface area contributed by atoms with Crippen molar-refractivity contribution < 1.29 is 9.00 Å². The minimum Gasteiger partial charge on any atom is -0.300 e. The van der Waals surface area contributed by atoms with Gasteiger partial charge in [0.2, 0.25) is 0 Å². The van der Waals surface area contributed by atoms with Gasteiger partial charge in [-0.1, -0.05) is 24.1 Å². The summed E-state index contributed by atoms with van der Waals surface area (Å²) < 4.78 is 14.6. The molecule has 1 saturated heterocycles. The molecule has 0 amide bonds. The molecule has 1 aromatic rings. The highest BCUT2D eigenvalue weighted by Crippen LogP contribution is 2.24. The Kier molecular flexibility index (Phi) is 4.88. The average Bonchev–Trinajstić information content (AvgIpc) is 2.39. The van der Waals surface area contributed by atoms with Crippen LogP contribution in [0.3, 0.4) is 0 Å². The fourth-order valence-corrected chi connectivity index (χ4v) is 3.90. The summed E-state index contributed by atoms with van der Waals surface area (Å²) in [7, 11) is -1.14. The molecule has 19 heavy (non-hydrogen) atoms. The lowest BCUT2D eigenvalue weighted by atomic mass is 10.0. The molecule has 0 aromatic heterocycles. The highest BCUT2D eigenvalue weighted by molar-refractivity contribution is 7.82. The van der Waals surface area contributed by atoms with Crippen LogP contribution in [0.4, 0.5) is 0 Å². The van der Waals surface area contributed by atoms with E-state index in [-0.39, 0.29) is 11.8 Å². The first kappa shape index (κ1) is 14.4. The molecule has 1 fully saturated rings. The predicted molar refractivity (Wildman–Crippen MR) is 77.2 cm³/mol. The van der Waals surface area contributed by atoms with E-state index in [2.05, 4.69) is 0 Å². The molecule has 1 heterocycles. The second kappa shape index (κ2) is 6.44. The SMILES string of the molecule is CC(=O)C[C@@H]1CCCCN1S(=O)c1ccc(C)cc1. The number of ketones is 1. The van der Waals surface area contributed by atoms with Gasteiger partial charge in [-0.05, 0) is 38.8 Å². The van der Waals surface area contributed by atoms with Gasteiger partial charge in [-0.25, -0.2) is 8.51 Å². The van der Waals surface area contributed by atoms with Crippen LogP contribution in [-0.4, -0.2) is 26.9 Å². The van der Waals surface area contributed by atoms with E-state index in [1.165, 1.54) is 5.56 Å². The molecule has 2 atom stereocenters. The molecule has 1 aliphatic heterocycles. The molecule has 104 valence electrons. The number of carbonyl (C=O) groups is 1. The van der Waals surface area contributed by atoms with E-state index in [0.29, 0.717) is 6.42 Å². The number of nitrogens with zero attached hydrogens (tertiary/aromatic N) is 1. The molecule has 0 aliphatic carbocycles. The Bertz CT molecular complexity index is 470. The molecule has 2 rings (SSSR count). The van der Waals surface area contributed by atoms with E-state index in [9.17, 15) is 9.00 Å². The van der Waals surface area contributed by atoms with Gasteiger partial charge < -0.3 is 0 Å². The van der Waals surface area contributed by atoms with Gasteiger partial charge in [0.05, 0.1) is 4.90 Å². The second-order valence-electron chi connectivity index (χ2n) is 5.26. The smallest absolute Gasteiger partial charge is 0.131 e. The summed E-state index contributed by atoms with van der Waals surface area (Å²) in [6.07, 6.45) is 3.67. The number of piperidine rings is 1. The maximum atomic E-state index is 12.6. The van der Waals surface area contributed by atoms with Gasteiger partial charge in [0.25, 0.3) is 0 Å². The fraction of sp³-hybridized carbons (Fsp3) is 0.533. The maximum absolute atomic E-state index is 12.6. The monoisotopic (exact) mass is 279 g/mol. The molecule has 0 saturated carbocycles. The van der Waals surface area contributed by atoms with Crippen LogP contribution < -0.4 is 0 Å². The van der Waals surface area contributed by atoms with Crippen molar-refractivity contribution in [1.29, 1.82) is 0 Å². The van der Waals surface area contributed by atoms with Crippen LogP contribution in [-0.2, 0) is 15.8 Å². The van der Waals surface area contributed by atoms with Gasteiger partial charge >= 0.3 is 0 Å². The second-order valence-corrected chi connectivity index (χ2v) is 6.70. The number of rotatable bonds is 4. The van der Waals surface area contributed by atoms with Crippen LogP contribution in [0, 0.1) is 6.92 Å². The van der Waals surface area contributed by atoms with Gasteiger partial charge in [-0.15, -0.1) is 0 Å². The van der Waals surface area contributed by atoms with Crippen molar-refractivity contribution >= 4 is 16.8 Å². The van der Waals surface area contributed by atoms with Crippen molar-refractivity contribution in [1.82, 2.24) is 4.31 Å². The number of hydrogen-bond acceptors (Lipinski definition) is 2. The van der Waals surface area contributed by atoms with E-state index in [4.69, 9.17) is 0 Å². The van der Waals surface area contributed by atoms with E-state index in [0.717, 1.165) is 30.7 Å². The summed E-state index contributed by atoms with van der Waals surface area (Å²) in [6, 6.07) is 7.94. The zero-order valence-corrected chi connectivity index (χ0v) is 12.4. The first-order chi connectivity index (χ1) is 9.08. The van der Waals surface area contributed by atoms with E-state index in [1.54, 1.807) is 6.92 Å². The third-order valence-electron chi connectivity index (χ3n) is 3.53. The fourth-order valence-electron chi connectivity index (χ4n) is 2.52. The van der Waals surface area contributed by atoms with Crippen LogP contribution in [0.1, 0.15) is 38.2 Å². The van der Waals surface area contributed by atoms with E-state index < -0.39 is 11.0 Å². The average molecular weight is 279 g/mol. The van der Waals surface area contributed by atoms with Crippen molar-refractivity contribution in [2.45, 2.75) is 50.5 Å². The van der Waals surface area contributed by atoms with Crippen molar-refractivity contribution in [2.24, 2.45) is 0 Å². The summed E-state index contributed by atoms with van der Waals surface area (Å²) in [5, 5.41) is 0. The third-order valence-corrected chi connectivity index (χ3v) is 5.11. The highest BCUT2D eigenvalue weighted by Gasteiger charge is 2.28. The lowest BCUT2D eigenvalue weighted by molar-refractivity contribution is -0.118. The Morgan fingerprint density at radius 1 is 1.32 bits per heavy atom. The Morgan fingerprint density at radius 2 is 2.00 bits per heavy atom. The molecule has 0 spiro atoms. The zero-order valence-electron chi connectivity index (χ0n) is 11.6. The molecule has 4 heteroatoms. The van der Waals surface area contributed by atoms with Crippen LogP contribution in [0.2, 0.25) is 0 Å². The minimum absolute atomic E-state index is 0.133. The summed E-state index contributed by atoms with van der Waals surface area (Å²) in [5.74, 6) is 0.179. The zero-order chi connectivity index (χ0) is 13.8. The Morgan fingerprint density at radius 3 is 2.63 bits per heavy atom. The van der Waals surface area contributed by atoms with Gasteiger partial charge in [0.15, 0.2) is 0 Å². The lowest BCUT2D eigenvalue weighted by Crippen LogP contribution is -2.41. The lowest BCUT2D eigenvalue weighted by Gasteiger charge is -2.33. The number of hydrogen-bond donors (Lipinski definition) is 0. The number of carbonyl (C=O) groups excluding carboxylic acids is 1. The molecule has 0 bridgehead atoms. The van der Waals surface area contributed by atoms with Crippen molar-refractivity contribution in [3.05, 3.63) is 29.8 Å². The van der Waals surface area contributed by atoms with Crippen molar-refractivity contribution in [3.8, 4) is 0 Å². The highest BCUT2D eigenvalue weighted by atomic mass is 32.2. The normalized spacial score (nSPS) is 22.1. The minimum atomic E-state index is -1.14. The quantitative estimate of drug-likeness (QED) is 0.850. The summed E-state index contributed by atoms with van der Waals surface area (Å²) in [6.45, 7) is 4.45.